The number of aromatic nitrogens is 2. The van der Waals surface area contributed by atoms with Gasteiger partial charge in [0.1, 0.15) is 11.5 Å². The fourth-order valence-electron chi connectivity index (χ4n) is 1.22. The van der Waals surface area contributed by atoms with Crippen molar-refractivity contribution in [2.45, 2.75) is 13.3 Å². The van der Waals surface area contributed by atoms with Crippen LogP contribution in [0.5, 0.6) is 0 Å². The molecule has 1 rings (SSSR count). The molecule has 0 radical (unpaired) electrons. The lowest BCUT2D eigenvalue weighted by molar-refractivity contribution is -0.120. The van der Waals surface area contributed by atoms with E-state index in [1.165, 1.54) is 12.4 Å². The molecule has 0 unspecified atom stereocenters. The van der Waals surface area contributed by atoms with Gasteiger partial charge in [-0.3, -0.25) is 9.59 Å². The highest BCUT2D eigenvalue weighted by atomic mass is 16.2. The molecule has 0 atom stereocenters. The van der Waals surface area contributed by atoms with Gasteiger partial charge >= 0.3 is 0 Å². The van der Waals surface area contributed by atoms with E-state index in [9.17, 15) is 9.59 Å². The van der Waals surface area contributed by atoms with Crippen molar-refractivity contribution < 1.29 is 9.59 Å². The molecule has 7 nitrogen and oxygen atoms in total. The van der Waals surface area contributed by atoms with Gasteiger partial charge in [-0.25, -0.2) is 9.97 Å². The topological polar surface area (TPSA) is 96.0 Å². The van der Waals surface area contributed by atoms with Gasteiger partial charge in [-0.2, -0.15) is 0 Å². The van der Waals surface area contributed by atoms with Crippen LogP contribution in [-0.4, -0.2) is 41.9 Å². The summed E-state index contributed by atoms with van der Waals surface area (Å²) in [5.41, 5.74) is 0.230. The van der Waals surface area contributed by atoms with E-state index >= 15 is 0 Å². The van der Waals surface area contributed by atoms with Gasteiger partial charge in [-0.1, -0.05) is 0 Å². The molecule has 18 heavy (non-hydrogen) atoms. The minimum absolute atomic E-state index is 0.121. The molecule has 0 spiro atoms. The van der Waals surface area contributed by atoms with Crippen LogP contribution in [-0.2, 0) is 4.79 Å². The molecule has 0 fully saturated rings. The zero-order valence-electron chi connectivity index (χ0n) is 10.5. The van der Waals surface area contributed by atoms with Crippen molar-refractivity contribution in [1.29, 1.82) is 0 Å². The number of amides is 2. The highest BCUT2D eigenvalue weighted by Crippen LogP contribution is 2.00. The molecule has 0 aliphatic rings. The van der Waals surface area contributed by atoms with Crippen LogP contribution in [0.1, 0.15) is 23.8 Å². The summed E-state index contributed by atoms with van der Waals surface area (Å²) in [5.74, 6) is 0.165. The maximum atomic E-state index is 11.6. The first kappa shape index (κ1) is 13.9. The second kappa shape index (κ2) is 7.21. The molecule has 0 aliphatic carbocycles. The minimum Gasteiger partial charge on any atom is -0.369 e. The van der Waals surface area contributed by atoms with E-state index in [2.05, 4.69) is 25.9 Å². The Morgan fingerprint density at radius 1 is 1.28 bits per heavy atom. The predicted octanol–water partition coefficient (Wildman–Crippen LogP) is -0.226. The summed E-state index contributed by atoms with van der Waals surface area (Å²) < 4.78 is 0. The van der Waals surface area contributed by atoms with Crippen molar-refractivity contribution in [2.24, 2.45) is 0 Å². The molecular formula is C11H17N5O2. The van der Waals surface area contributed by atoms with Gasteiger partial charge in [-0.05, 0) is 6.92 Å². The zero-order valence-corrected chi connectivity index (χ0v) is 10.5. The van der Waals surface area contributed by atoms with Crippen LogP contribution in [0.2, 0.25) is 0 Å². The number of nitrogens with one attached hydrogen (secondary N) is 3. The van der Waals surface area contributed by atoms with Crippen molar-refractivity contribution in [3.8, 4) is 0 Å². The van der Waals surface area contributed by atoms with Gasteiger partial charge in [0.2, 0.25) is 5.91 Å². The van der Waals surface area contributed by atoms with Crippen LogP contribution >= 0.6 is 0 Å². The first-order valence-corrected chi connectivity index (χ1v) is 5.72. The number of rotatable bonds is 6. The monoisotopic (exact) mass is 251 g/mol. The van der Waals surface area contributed by atoms with Gasteiger partial charge < -0.3 is 16.0 Å². The summed E-state index contributed by atoms with van der Waals surface area (Å²) in [5, 5.41) is 8.05. The van der Waals surface area contributed by atoms with Gasteiger partial charge in [0.25, 0.3) is 5.91 Å². The Morgan fingerprint density at radius 3 is 2.61 bits per heavy atom. The van der Waals surface area contributed by atoms with Crippen molar-refractivity contribution in [2.75, 3.05) is 25.5 Å². The maximum Gasteiger partial charge on any atom is 0.271 e. The van der Waals surface area contributed by atoms with E-state index in [0.29, 0.717) is 5.82 Å². The number of anilines is 1. The summed E-state index contributed by atoms with van der Waals surface area (Å²) in [4.78, 5) is 30.6. The van der Waals surface area contributed by atoms with Crippen LogP contribution < -0.4 is 16.0 Å². The Kier molecular flexibility index (Phi) is 5.56. The predicted molar refractivity (Wildman–Crippen MR) is 67.2 cm³/mol. The molecule has 0 saturated carbocycles. The van der Waals surface area contributed by atoms with Crippen LogP contribution in [0.4, 0.5) is 5.82 Å². The summed E-state index contributed by atoms with van der Waals surface area (Å²) >= 11 is 0. The first-order valence-electron chi connectivity index (χ1n) is 5.72. The highest BCUT2D eigenvalue weighted by Gasteiger charge is 2.07. The molecule has 1 heterocycles. The fourth-order valence-corrected chi connectivity index (χ4v) is 1.22. The Hall–Kier alpha value is -2.18. The van der Waals surface area contributed by atoms with Crippen molar-refractivity contribution in [3.63, 3.8) is 0 Å². The molecule has 3 N–H and O–H groups in total. The molecule has 98 valence electrons. The minimum atomic E-state index is -0.338. The molecule has 0 aromatic carbocycles. The third-order valence-corrected chi connectivity index (χ3v) is 2.16. The first-order chi connectivity index (χ1) is 8.67. The Bertz CT molecular complexity index is 404. The van der Waals surface area contributed by atoms with Gasteiger partial charge in [0.15, 0.2) is 0 Å². The van der Waals surface area contributed by atoms with Crippen LogP contribution in [0.25, 0.3) is 0 Å². The summed E-state index contributed by atoms with van der Waals surface area (Å²) in [7, 11) is 1.55. The van der Waals surface area contributed by atoms with E-state index in [1.54, 1.807) is 7.05 Å². The van der Waals surface area contributed by atoms with E-state index in [1.807, 2.05) is 6.92 Å². The smallest absolute Gasteiger partial charge is 0.271 e. The standard InChI is InChI=1S/C11H17N5O2/c1-3-13-9-7-15-8(6-16-9)11(18)14-5-4-10(17)12-2/h6-7H,3-5H2,1-2H3,(H,12,17)(H,13,16)(H,14,18). The summed E-state index contributed by atoms with van der Waals surface area (Å²) in [6.45, 7) is 2.96. The number of carbonyl (C=O) groups is 2. The molecule has 2 amide bonds. The normalized spacial score (nSPS) is 9.67. The Balaban J connectivity index is 2.44. The van der Waals surface area contributed by atoms with Crippen molar-refractivity contribution in [1.82, 2.24) is 20.6 Å². The molecule has 1 aromatic rings. The SMILES string of the molecule is CCNc1cnc(C(=O)NCCC(=O)NC)cn1. The van der Waals surface area contributed by atoms with E-state index in [4.69, 9.17) is 0 Å². The third-order valence-electron chi connectivity index (χ3n) is 2.16. The second-order valence-electron chi connectivity index (χ2n) is 3.50. The van der Waals surface area contributed by atoms with E-state index < -0.39 is 0 Å². The number of nitrogens with zero attached hydrogens (tertiary/aromatic N) is 2. The number of hydrogen-bond acceptors (Lipinski definition) is 5. The fraction of sp³-hybridized carbons (Fsp3) is 0.455. The van der Waals surface area contributed by atoms with Crippen molar-refractivity contribution in [3.05, 3.63) is 18.1 Å². The molecular weight excluding hydrogens is 234 g/mol. The Labute approximate surface area is 105 Å². The molecule has 1 aromatic heterocycles. The highest BCUT2D eigenvalue weighted by molar-refractivity contribution is 5.92. The largest absolute Gasteiger partial charge is 0.369 e. The number of hydrogen-bond donors (Lipinski definition) is 3. The van der Waals surface area contributed by atoms with Gasteiger partial charge in [0.05, 0.1) is 12.4 Å². The summed E-state index contributed by atoms with van der Waals surface area (Å²) in [6, 6.07) is 0. The third kappa shape index (κ3) is 4.36. The van der Waals surface area contributed by atoms with Gasteiger partial charge in [0, 0.05) is 26.6 Å². The van der Waals surface area contributed by atoms with E-state index in [0.717, 1.165) is 6.54 Å². The lowest BCUT2D eigenvalue weighted by atomic mass is 10.3. The molecule has 7 heteroatoms. The van der Waals surface area contributed by atoms with Crippen LogP contribution in [0.15, 0.2) is 12.4 Å². The quantitative estimate of drug-likeness (QED) is 0.649. The molecule has 0 saturated heterocycles. The van der Waals surface area contributed by atoms with Crippen molar-refractivity contribution >= 4 is 17.6 Å². The maximum absolute atomic E-state index is 11.6. The van der Waals surface area contributed by atoms with E-state index in [-0.39, 0.29) is 30.5 Å². The van der Waals surface area contributed by atoms with Crippen LogP contribution in [0.3, 0.4) is 0 Å². The Morgan fingerprint density at radius 2 is 2.06 bits per heavy atom. The molecule has 0 bridgehead atoms. The average molecular weight is 251 g/mol. The number of carbonyl (C=O) groups excluding carboxylic acids is 2. The lowest BCUT2D eigenvalue weighted by Gasteiger charge is -2.05. The zero-order chi connectivity index (χ0) is 13.4. The van der Waals surface area contributed by atoms with Gasteiger partial charge in [-0.15, -0.1) is 0 Å². The summed E-state index contributed by atoms with van der Waals surface area (Å²) in [6.07, 6.45) is 3.13. The lowest BCUT2D eigenvalue weighted by Crippen LogP contribution is -2.29. The average Bonchev–Trinajstić information content (AvgIpc) is 2.39. The van der Waals surface area contributed by atoms with Crippen LogP contribution in [0, 0.1) is 0 Å². The molecule has 0 aliphatic heterocycles. The second-order valence-corrected chi connectivity index (χ2v) is 3.50.